The maximum Gasteiger partial charge on any atom is 0.0604 e. The van der Waals surface area contributed by atoms with E-state index in [2.05, 4.69) is 0 Å². The highest BCUT2D eigenvalue weighted by molar-refractivity contribution is 7.85. The molecule has 0 aromatic heterocycles. The van der Waals surface area contributed by atoms with Crippen molar-refractivity contribution in [1.82, 2.24) is 0 Å². The smallest absolute Gasteiger partial charge is 0.0604 e. The second-order valence-corrected chi connectivity index (χ2v) is 6.87. The Morgan fingerprint density at radius 2 is 2.00 bits per heavy atom. The molecule has 0 radical (unpaired) electrons. The summed E-state index contributed by atoms with van der Waals surface area (Å²) in [5.41, 5.74) is 5.79. The molecule has 2 N–H and O–H groups in total. The van der Waals surface area contributed by atoms with E-state index >= 15 is 0 Å². The van der Waals surface area contributed by atoms with Crippen molar-refractivity contribution in [3.8, 4) is 0 Å². The van der Waals surface area contributed by atoms with Gasteiger partial charge in [0.2, 0.25) is 0 Å². The van der Waals surface area contributed by atoms with E-state index in [4.69, 9.17) is 28.9 Å². The zero-order valence-electron chi connectivity index (χ0n) is 9.42. The predicted molar refractivity (Wildman–Crippen MR) is 73.1 cm³/mol. The molecule has 17 heavy (non-hydrogen) atoms. The van der Waals surface area contributed by atoms with Gasteiger partial charge in [0.1, 0.15) is 0 Å². The Morgan fingerprint density at radius 3 is 2.53 bits per heavy atom. The molecule has 2 rings (SSSR count). The zero-order valence-corrected chi connectivity index (χ0v) is 11.7. The molecule has 0 amide bonds. The summed E-state index contributed by atoms with van der Waals surface area (Å²) < 4.78 is 12.2. The van der Waals surface area contributed by atoms with Crippen molar-refractivity contribution in [3.63, 3.8) is 0 Å². The third-order valence-corrected chi connectivity index (χ3v) is 5.62. The third-order valence-electron chi connectivity index (χ3n) is 3.22. The summed E-state index contributed by atoms with van der Waals surface area (Å²) in [6.45, 7) is 0.665. The summed E-state index contributed by atoms with van der Waals surface area (Å²) >= 11 is 11.8. The van der Waals surface area contributed by atoms with Crippen LogP contribution in [0.1, 0.15) is 19.3 Å². The standard InChI is InChI=1S/C12H15Cl2NOS/c13-10-2-1-9(7-11(10)14)17(16)8-12(3-4-12)5-6-15/h1-2,7H,3-6,8,15H2. The van der Waals surface area contributed by atoms with Crippen LogP contribution in [0.25, 0.3) is 0 Å². The molecular formula is C12H15Cl2NOS. The molecule has 1 aromatic rings. The van der Waals surface area contributed by atoms with Crippen molar-refractivity contribution in [1.29, 1.82) is 0 Å². The molecule has 1 unspecified atom stereocenters. The molecule has 2 nitrogen and oxygen atoms in total. The molecule has 0 aliphatic heterocycles. The summed E-state index contributed by atoms with van der Waals surface area (Å²) in [6, 6.07) is 5.17. The fourth-order valence-electron chi connectivity index (χ4n) is 1.93. The van der Waals surface area contributed by atoms with Crippen LogP contribution < -0.4 is 5.73 Å². The van der Waals surface area contributed by atoms with Gasteiger partial charge in [-0.2, -0.15) is 0 Å². The van der Waals surface area contributed by atoms with Gasteiger partial charge in [0.25, 0.3) is 0 Å². The van der Waals surface area contributed by atoms with Crippen molar-refractivity contribution in [2.45, 2.75) is 24.2 Å². The van der Waals surface area contributed by atoms with Crippen molar-refractivity contribution in [2.75, 3.05) is 12.3 Å². The van der Waals surface area contributed by atoms with Gasteiger partial charge in [-0.15, -0.1) is 0 Å². The second kappa shape index (κ2) is 5.27. The molecule has 1 fully saturated rings. The Hall–Kier alpha value is -0.0900. The van der Waals surface area contributed by atoms with Crippen LogP contribution in [0.15, 0.2) is 23.1 Å². The molecule has 0 spiro atoms. The number of rotatable bonds is 5. The molecule has 94 valence electrons. The first-order chi connectivity index (χ1) is 8.06. The van der Waals surface area contributed by atoms with Crippen LogP contribution in [0.2, 0.25) is 10.0 Å². The Bertz CT molecular complexity index is 446. The minimum atomic E-state index is -1.01. The van der Waals surface area contributed by atoms with Gasteiger partial charge >= 0.3 is 0 Å². The van der Waals surface area contributed by atoms with Gasteiger partial charge in [-0.05, 0) is 49.4 Å². The van der Waals surface area contributed by atoms with E-state index in [9.17, 15) is 4.21 Å². The number of hydrogen-bond acceptors (Lipinski definition) is 2. The number of hydrogen-bond donors (Lipinski definition) is 1. The summed E-state index contributed by atoms with van der Waals surface area (Å²) in [7, 11) is -1.01. The van der Waals surface area contributed by atoms with Gasteiger partial charge in [0, 0.05) is 10.6 Å². The van der Waals surface area contributed by atoms with E-state index in [1.165, 1.54) is 0 Å². The molecule has 1 saturated carbocycles. The van der Waals surface area contributed by atoms with Gasteiger partial charge in [-0.25, -0.2) is 0 Å². The van der Waals surface area contributed by atoms with Crippen LogP contribution in [-0.4, -0.2) is 16.5 Å². The summed E-state index contributed by atoms with van der Waals surface area (Å²) in [5, 5.41) is 0.955. The molecule has 1 aliphatic rings. The summed E-state index contributed by atoms with van der Waals surface area (Å²) in [5.74, 6) is 0.683. The lowest BCUT2D eigenvalue weighted by atomic mass is 10.1. The van der Waals surface area contributed by atoms with Gasteiger partial charge < -0.3 is 5.73 Å². The first-order valence-electron chi connectivity index (χ1n) is 5.60. The zero-order chi connectivity index (χ0) is 12.5. The maximum absolute atomic E-state index is 12.2. The van der Waals surface area contributed by atoms with Crippen LogP contribution in [0.3, 0.4) is 0 Å². The Morgan fingerprint density at radius 1 is 1.29 bits per heavy atom. The Balaban J connectivity index is 2.07. The minimum Gasteiger partial charge on any atom is -0.330 e. The van der Waals surface area contributed by atoms with E-state index in [0.29, 0.717) is 22.3 Å². The van der Waals surface area contributed by atoms with E-state index < -0.39 is 10.8 Å². The van der Waals surface area contributed by atoms with E-state index in [1.54, 1.807) is 18.2 Å². The van der Waals surface area contributed by atoms with Crippen molar-refractivity contribution in [3.05, 3.63) is 28.2 Å². The second-order valence-electron chi connectivity index (χ2n) is 4.60. The van der Waals surface area contributed by atoms with Crippen LogP contribution in [0, 0.1) is 5.41 Å². The van der Waals surface area contributed by atoms with E-state index in [1.807, 2.05) is 0 Å². The lowest BCUT2D eigenvalue weighted by Gasteiger charge is -2.13. The number of nitrogens with two attached hydrogens (primary N) is 1. The molecule has 1 aromatic carbocycles. The average molecular weight is 292 g/mol. The lowest BCUT2D eigenvalue weighted by Crippen LogP contribution is -2.16. The van der Waals surface area contributed by atoms with Gasteiger partial charge in [0.15, 0.2) is 0 Å². The summed E-state index contributed by atoms with van der Waals surface area (Å²) in [4.78, 5) is 0.752. The highest BCUT2D eigenvalue weighted by Crippen LogP contribution is 2.49. The normalized spacial score (nSPS) is 19.0. The summed E-state index contributed by atoms with van der Waals surface area (Å²) in [6.07, 6.45) is 3.23. The largest absolute Gasteiger partial charge is 0.330 e. The average Bonchev–Trinajstić information content (AvgIpc) is 3.02. The molecular weight excluding hydrogens is 277 g/mol. The molecule has 0 bridgehead atoms. The Labute approximate surface area is 114 Å². The highest BCUT2D eigenvalue weighted by atomic mass is 35.5. The molecule has 0 saturated heterocycles. The monoisotopic (exact) mass is 291 g/mol. The van der Waals surface area contributed by atoms with Crippen LogP contribution in [-0.2, 0) is 10.8 Å². The molecule has 1 aliphatic carbocycles. The minimum absolute atomic E-state index is 0.214. The topological polar surface area (TPSA) is 43.1 Å². The van der Waals surface area contributed by atoms with Crippen molar-refractivity contribution < 1.29 is 4.21 Å². The molecule has 1 atom stereocenters. The first kappa shape index (κ1) is 13.3. The highest BCUT2D eigenvalue weighted by Gasteiger charge is 2.43. The maximum atomic E-state index is 12.2. The van der Waals surface area contributed by atoms with Crippen molar-refractivity contribution >= 4 is 34.0 Å². The first-order valence-corrected chi connectivity index (χ1v) is 7.67. The fraction of sp³-hybridized carbons (Fsp3) is 0.500. The molecule has 5 heteroatoms. The van der Waals surface area contributed by atoms with Gasteiger partial charge in [-0.3, -0.25) is 4.21 Å². The van der Waals surface area contributed by atoms with Crippen LogP contribution in [0.4, 0.5) is 0 Å². The van der Waals surface area contributed by atoms with Crippen molar-refractivity contribution in [2.24, 2.45) is 11.1 Å². The van der Waals surface area contributed by atoms with Gasteiger partial charge in [0.05, 0.1) is 20.8 Å². The predicted octanol–water partition coefficient (Wildman–Crippen LogP) is 3.23. The number of benzene rings is 1. The number of halogens is 2. The SMILES string of the molecule is NCCC1(CS(=O)c2ccc(Cl)c(Cl)c2)CC1. The van der Waals surface area contributed by atoms with Crippen LogP contribution in [0.5, 0.6) is 0 Å². The molecule has 0 heterocycles. The van der Waals surface area contributed by atoms with Gasteiger partial charge in [-0.1, -0.05) is 23.2 Å². The quantitative estimate of drug-likeness (QED) is 0.905. The van der Waals surface area contributed by atoms with E-state index in [0.717, 1.165) is 24.2 Å². The van der Waals surface area contributed by atoms with E-state index in [-0.39, 0.29) is 5.41 Å². The fourth-order valence-corrected chi connectivity index (χ4v) is 3.92. The Kier molecular flexibility index (Phi) is 4.14. The lowest BCUT2D eigenvalue weighted by molar-refractivity contribution is 0.529. The van der Waals surface area contributed by atoms with Crippen LogP contribution >= 0.6 is 23.2 Å². The third kappa shape index (κ3) is 3.22.